The first-order valence-electron chi connectivity index (χ1n) is 15.1. The molecule has 0 radical (unpaired) electrons. The van der Waals surface area contributed by atoms with Crippen molar-refractivity contribution in [2.75, 3.05) is 0 Å². The van der Waals surface area contributed by atoms with E-state index >= 15 is 0 Å². The molecule has 0 saturated heterocycles. The number of nitrogens with one attached hydrogen (secondary N) is 2. The number of furan rings is 1. The molecule has 210 valence electrons. The topological polar surface area (TPSA) is 42.1 Å². The Bertz CT molecular complexity index is 2330. The molecule has 8 aromatic rings. The van der Waals surface area contributed by atoms with Gasteiger partial charge in [-0.05, 0) is 47.5 Å². The van der Waals surface area contributed by atoms with E-state index in [1.807, 2.05) is 6.07 Å². The number of para-hydroxylation sites is 3. The van der Waals surface area contributed by atoms with Crippen LogP contribution in [-0.2, 0) is 0 Å². The van der Waals surface area contributed by atoms with Crippen molar-refractivity contribution in [3.05, 3.63) is 168 Å². The van der Waals surface area contributed by atoms with Crippen molar-refractivity contribution in [1.82, 2.24) is 15.2 Å². The quantitative estimate of drug-likeness (QED) is 0.222. The molecule has 1 aliphatic rings. The van der Waals surface area contributed by atoms with Crippen molar-refractivity contribution in [1.29, 1.82) is 0 Å². The van der Waals surface area contributed by atoms with Crippen LogP contribution in [0.25, 0.3) is 55.1 Å². The third-order valence-corrected chi connectivity index (χ3v) is 8.85. The van der Waals surface area contributed by atoms with Gasteiger partial charge in [0.2, 0.25) is 0 Å². The number of benzene rings is 6. The highest BCUT2D eigenvalue weighted by atomic mass is 16.3. The van der Waals surface area contributed by atoms with Crippen LogP contribution >= 0.6 is 0 Å². The number of nitrogens with zero attached hydrogens (tertiary/aromatic N) is 1. The molecule has 2 N–H and O–H groups in total. The third kappa shape index (κ3) is 3.89. The molecule has 44 heavy (non-hydrogen) atoms. The molecule has 0 fully saturated rings. The fourth-order valence-electron chi connectivity index (χ4n) is 6.87. The molecule has 1 aliphatic heterocycles. The molecule has 0 amide bonds. The largest absolute Gasteiger partial charge is 0.455 e. The van der Waals surface area contributed by atoms with Crippen LogP contribution in [0.1, 0.15) is 28.9 Å². The maximum atomic E-state index is 6.80. The fraction of sp³-hybridized carbons (Fsp3) is 0.0500. The number of hydrogen-bond acceptors (Lipinski definition) is 3. The van der Waals surface area contributed by atoms with Gasteiger partial charge in [-0.1, -0.05) is 115 Å². The van der Waals surface area contributed by atoms with Gasteiger partial charge in [0.25, 0.3) is 0 Å². The first-order valence-corrected chi connectivity index (χ1v) is 15.1. The lowest BCUT2D eigenvalue weighted by atomic mass is 9.96. The highest BCUT2D eigenvalue weighted by Gasteiger charge is 2.28. The van der Waals surface area contributed by atoms with E-state index in [1.54, 1.807) is 0 Å². The number of aromatic nitrogens is 1. The Kier molecular flexibility index (Phi) is 5.68. The molecule has 6 aromatic carbocycles. The van der Waals surface area contributed by atoms with E-state index in [9.17, 15) is 0 Å². The molecule has 4 nitrogen and oxygen atoms in total. The van der Waals surface area contributed by atoms with Crippen molar-refractivity contribution in [2.24, 2.45) is 0 Å². The Morgan fingerprint density at radius 1 is 0.591 bits per heavy atom. The maximum Gasteiger partial charge on any atom is 0.146 e. The predicted octanol–water partition coefficient (Wildman–Crippen LogP) is 9.66. The molecule has 0 bridgehead atoms. The SMILES string of the molecule is C1=C(c2cc3c4ccccc4n(-c4ccccc4)c3c3c2oc2ccccc23)NC(c2ccccc2)NC1c1ccccc1. The summed E-state index contributed by atoms with van der Waals surface area (Å²) in [5.41, 5.74) is 9.75. The van der Waals surface area contributed by atoms with E-state index in [0.29, 0.717) is 0 Å². The van der Waals surface area contributed by atoms with Gasteiger partial charge >= 0.3 is 0 Å². The van der Waals surface area contributed by atoms with Gasteiger partial charge in [-0.2, -0.15) is 0 Å². The predicted molar refractivity (Wildman–Crippen MR) is 181 cm³/mol. The summed E-state index contributed by atoms with van der Waals surface area (Å²) >= 11 is 0. The van der Waals surface area contributed by atoms with Gasteiger partial charge in [0.05, 0.1) is 22.5 Å². The molecule has 0 saturated carbocycles. The summed E-state index contributed by atoms with van der Waals surface area (Å²) in [6.45, 7) is 0. The average Bonchev–Trinajstić information content (AvgIpc) is 3.65. The minimum atomic E-state index is -0.0813. The number of hydrogen-bond donors (Lipinski definition) is 2. The molecule has 2 aromatic heterocycles. The van der Waals surface area contributed by atoms with Crippen molar-refractivity contribution < 1.29 is 4.42 Å². The smallest absolute Gasteiger partial charge is 0.146 e. The van der Waals surface area contributed by atoms with Crippen LogP contribution in [0.3, 0.4) is 0 Å². The molecule has 2 atom stereocenters. The van der Waals surface area contributed by atoms with Gasteiger partial charge in [-0.3, -0.25) is 5.32 Å². The summed E-state index contributed by atoms with van der Waals surface area (Å²) in [5.74, 6) is 0. The average molecular weight is 568 g/mol. The zero-order valence-corrected chi connectivity index (χ0v) is 23.9. The van der Waals surface area contributed by atoms with Crippen LogP contribution in [0.15, 0.2) is 156 Å². The van der Waals surface area contributed by atoms with E-state index in [1.165, 1.54) is 27.4 Å². The zero-order valence-electron chi connectivity index (χ0n) is 23.9. The van der Waals surface area contributed by atoms with Gasteiger partial charge < -0.3 is 14.3 Å². The second-order valence-corrected chi connectivity index (χ2v) is 11.4. The third-order valence-electron chi connectivity index (χ3n) is 8.85. The van der Waals surface area contributed by atoms with E-state index < -0.39 is 0 Å². The Labute approximate surface area is 254 Å². The van der Waals surface area contributed by atoms with Crippen LogP contribution in [0.4, 0.5) is 0 Å². The maximum absolute atomic E-state index is 6.80. The lowest BCUT2D eigenvalue weighted by molar-refractivity contribution is 0.442. The summed E-state index contributed by atoms with van der Waals surface area (Å²) in [7, 11) is 0. The molecular weight excluding hydrogens is 538 g/mol. The summed E-state index contributed by atoms with van der Waals surface area (Å²) < 4.78 is 9.19. The lowest BCUT2D eigenvalue weighted by Gasteiger charge is -2.33. The Hall–Kier alpha value is -5.58. The van der Waals surface area contributed by atoms with Crippen LogP contribution in [0.5, 0.6) is 0 Å². The summed E-state index contributed by atoms with van der Waals surface area (Å²) in [5, 5.41) is 12.3. The minimum Gasteiger partial charge on any atom is -0.455 e. The first-order chi connectivity index (χ1) is 21.8. The number of rotatable bonds is 4. The van der Waals surface area contributed by atoms with E-state index in [4.69, 9.17) is 4.42 Å². The van der Waals surface area contributed by atoms with E-state index in [2.05, 4.69) is 161 Å². The monoisotopic (exact) mass is 567 g/mol. The molecule has 2 unspecified atom stereocenters. The highest BCUT2D eigenvalue weighted by molar-refractivity contribution is 6.26. The summed E-state index contributed by atoms with van der Waals surface area (Å²) in [6.07, 6.45) is 2.22. The van der Waals surface area contributed by atoms with Crippen molar-refractivity contribution in [2.45, 2.75) is 12.2 Å². The normalized spacial score (nSPS) is 16.9. The van der Waals surface area contributed by atoms with Crippen LogP contribution < -0.4 is 10.6 Å². The van der Waals surface area contributed by atoms with Gasteiger partial charge in [-0.25, -0.2) is 0 Å². The van der Waals surface area contributed by atoms with Gasteiger partial charge in [0.1, 0.15) is 17.3 Å². The van der Waals surface area contributed by atoms with Gasteiger partial charge in [0, 0.05) is 33.1 Å². The summed E-state index contributed by atoms with van der Waals surface area (Å²) in [6, 6.07) is 51.3. The highest BCUT2D eigenvalue weighted by Crippen LogP contribution is 2.44. The van der Waals surface area contributed by atoms with Crippen LogP contribution in [-0.4, -0.2) is 4.57 Å². The molecule has 4 heteroatoms. The van der Waals surface area contributed by atoms with Gasteiger partial charge in [0.15, 0.2) is 0 Å². The van der Waals surface area contributed by atoms with E-state index in [0.717, 1.165) is 44.4 Å². The van der Waals surface area contributed by atoms with Crippen LogP contribution in [0, 0.1) is 0 Å². The van der Waals surface area contributed by atoms with Crippen molar-refractivity contribution >= 4 is 49.4 Å². The Morgan fingerprint density at radius 3 is 2.00 bits per heavy atom. The molecule has 3 heterocycles. The van der Waals surface area contributed by atoms with Crippen molar-refractivity contribution in [3.63, 3.8) is 0 Å². The molecule has 0 aliphatic carbocycles. The second-order valence-electron chi connectivity index (χ2n) is 11.4. The van der Waals surface area contributed by atoms with E-state index in [-0.39, 0.29) is 12.2 Å². The van der Waals surface area contributed by atoms with Crippen molar-refractivity contribution in [3.8, 4) is 5.69 Å². The first kappa shape index (κ1) is 25.0. The fourth-order valence-corrected chi connectivity index (χ4v) is 6.87. The lowest BCUT2D eigenvalue weighted by Crippen LogP contribution is -2.39. The molecule has 0 spiro atoms. The van der Waals surface area contributed by atoms with Gasteiger partial charge in [-0.15, -0.1) is 0 Å². The summed E-state index contributed by atoms with van der Waals surface area (Å²) in [4.78, 5) is 0. The molecular formula is C40H29N3O. The minimum absolute atomic E-state index is 0.0124. The number of fused-ring (bicyclic) bond motifs is 7. The second kappa shape index (κ2) is 10.0. The van der Waals surface area contributed by atoms with Crippen LogP contribution in [0.2, 0.25) is 0 Å². The Balaban J connectivity index is 1.38. The Morgan fingerprint density at radius 2 is 1.23 bits per heavy atom. The standard InChI is InChI=1S/C40H29N3O/c1-4-14-26(15-5-1)33-25-34(42-40(41-33)27-16-6-2-7-17-27)32-24-31-29-20-10-12-22-35(29)43(28-18-8-3-9-19-28)38(31)37-30-21-11-13-23-36(30)44-39(32)37/h1-25,33,40-42H. The zero-order chi connectivity index (χ0) is 29.0. The molecule has 9 rings (SSSR count).